The molecule has 0 aliphatic carbocycles. The monoisotopic (exact) mass is 273 g/mol. The highest BCUT2D eigenvalue weighted by atomic mass is 16.5. The maximum Gasteiger partial charge on any atom is 0.261 e. The van der Waals surface area contributed by atoms with Gasteiger partial charge in [-0.1, -0.05) is 0 Å². The van der Waals surface area contributed by atoms with Gasteiger partial charge in [0.1, 0.15) is 11.5 Å². The molecule has 0 radical (unpaired) electrons. The zero-order valence-corrected chi connectivity index (χ0v) is 11.5. The molecule has 0 atom stereocenters. The number of anilines is 1. The lowest BCUT2D eigenvalue weighted by Gasteiger charge is -2.12. The van der Waals surface area contributed by atoms with E-state index in [4.69, 9.17) is 9.47 Å². The molecule has 1 aromatic carbocycles. The zero-order chi connectivity index (χ0) is 14.5. The van der Waals surface area contributed by atoms with Gasteiger partial charge in [-0.2, -0.15) is 0 Å². The van der Waals surface area contributed by atoms with Crippen molar-refractivity contribution in [2.24, 2.45) is 0 Å². The van der Waals surface area contributed by atoms with Crippen LogP contribution in [0.2, 0.25) is 0 Å². The first-order valence-electron chi connectivity index (χ1n) is 5.96. The molecule has 0 fully saturated rings. The van der Waals surface area contributed by atoms with E-state index in [1.807, 2.05) is 6.92 Å². The lowest BCUT2D eigenvalue weighted by molar-refractivity contribution is 0.102. The van der Waals surface area contributed by atoms with Gasteiger partial charge in [0.2, 0.25) is 5.95 Å². The van der Waals surface area contributed by atoms with E-state index in [1.54, 1.807) is 37.7 Å². The smallest absolute Gasteiger partial charge is 0.261 e. The summed E-state index contributed by atoms with van der Waals surface area (Å²) in [5, 5.41) is 2.61. The van der Waals surface area contributed by atoms with Crippen molar-refractivity contribution >= 4 is 11.9 Å². The van der Waals surface area contributed by atoms with E-state index in [0.29, 0.717) is 17.1 Å². The molecule has 0 aliphatic rings. The van der Waals surface area contributed by atoms with Crippen molar-refractivity contribution in [3.05, 3.63) is 41.7 Å². The van der Waals surface area contributed by atoms with E-state index >= 15 is 0 Å². The van der Waals surface area contributed by atoms with Crippen molar-refractivity contribution in [1.29, 1.82) is 0 Å². The number of carbonyl (C=O) groups excluding carboxylic acids is 1. The van der Waals surface area contributed by atoms with E-state index < -0.39 is 0 Å². The predicted octanol–water partition coefficient (Wildman–Crippen LogP) is 2.05. The Morgan fingerprint density at radius 3 is 2.35 bits per heavy atom. The summed E-state index contributed by atoms with van der Waals surface area (Å²) >= 11 is 0. The summed E-state index contributed by atoms with van der Waals surface area (Å²) in [5.74, 6) is 0.965. The van der Waals surface area contributed by atoms with E-state index in [-0.39, 0.29) is 11.9 Å². The minimum Gasteiger partial charge on any atom is -0.496 e. The molecule has 20 heavy (non-hydrogen) atoms. The fourth-order valence-electron chi connectivity index (χ4n) is 1.76. The molecule has 6 nitrogen and oxygen atoms in total. The van der Waals surface area contributed by atoms with Gasteiger partial charge in [0.25, 0.3) is 5.91 Å². The Morgan fingerprint density at radius 1 is 1.10 bits per heavy atom. The van der Waals surface area contributed by atoms with Gasteiger partial charge in [-0.05, 0) is 30.7 Å². The summed E-state index contributed by atoms with van der Waals surface area (Å²) in [5.41, 5.74) is 1.25. The number of hydrogen-bond acceptors (Lipinski definition) is 5. The molecule has 1 aromatic heterocycles. The Labute approximate surface area is 116 Å². The zero-order valence-electron chi connectivity index (χ0n) is 11.5. The van der Waals surface area contributed by atoms with E-state index in [0.717, 1.165) is 5.56 Å². The van der Waals surface area contributed by atoms with Crippen LogP contribution in [0.3, 0.4) is 0 Å². The molecule has 1 heterocycles. The molecular formula is C14H15N3O3. The maximum atomic E-state index is 12.2. The van der Waals surface area contributed by atoms with Crippen molar-refractivity contribution in [2.45, 2.75) is 6.92 Å². The Hall–Kier alpha value is -2.63. The van der Waals surface area contributed by atoms with Gasteiger partial charge in [-0.15, -0.1) is 0 Å². The molecule has 6 heteroatoms. The van der Waals surface area contributed by atoms with Gasteiger partial charge >= 0.3 is 0 Å². The quantitative estimate of drug-likeness (QED) is 0.923. The number of carbonyl (C=O) groups is 1. The topological polar surface area (TPSA) is 73.3 Å². The second-order valence-electron chi connectivity index (χ2n) is 4.05. The van der Waals surface area contributed by atoms with Crippen LogP contribution in [0.4, 0.5) is 5.95 Å². The number of nitrogens with zero attached hydrogens (tertiary/aromatic N) is 2. The molecule has 0 spiro atoms. The lowest BCUT2D eigenvalue weighted by Crippen LogP contribution is -2.15. The van der Waals surface area contributed by atoms with Crippen LogP contribution in [-0.2, 0) is 0 Å². The molecule has 0 aliphatic heterocycles. The normalized spacial score (nSPS) is 9.95. The number of rotatable bonds is 4. The van der Waals surface area contributed by atoms with Crippen LogP contribution in [0.5, 0.6) is 11.5 Å². The third kappa shape index (κ3) is 2.85. The van der Waals surface area contributed by atoms with E-state index in [9.17, 15) is 4.79 Å². The highest BCUT2D eigenvalue weighted by Gasteiger charge is 2.16. The average Bonchev–Trinajstić information content (AvgIpc) is 2.47. The molecule has 1 amide bonds. The number of nitrogens with one attached hydrogen (secondary N) is 1. The summed E-state index contributed by atoms with van der Waals surface area (Å²) in [6, 6.07) is 5.05. The Balaban J connectivity index is 2.33. The van der Waals surface area contributed by atoms with Crippen LogP contribution in [0.15, 0.2) is 30.6 Å². The maximum absolute atomic E-state index is 12.2. The molecule has 0 saturated carbocycles. The highest BCUT2D eigenvalue weighted by Crippen LogP contribution is 2.28. The lowest BCUT2D eigenvalue weighted by atomic mass is 10.1. The third-order valence-electron chi connectivity index (χ3n) is 2.75. The number of aromatic nitrogens is 2. The highest BCUT2D eigenvalue weighted by molar-refractivity contribution is 6.05. The molecule has 104 valence electrons. The van der Waals surface area contributed by atoms with Crippen molar-refractivity contribution in [2.75, 3.05) is 19.5 Å². The van der Waals surface area contributed by atoms with Gasteiger partial charge in [0.05, 0.1) is 19.8 Å². The number of amides is 1. The first kappa shape index (κ1) is 13.8. The van der Waals surface area contributed by atoms with Gasteiger partial charge in [-0.25, -0.2) is 9.97 Å². The number of aryl methyl sites for hydroxylation is 1. The molecule has 0 bridgehead atoms. The van der Waals surface area contributed by atoms with Gasteiger partial charge in [0, 0.05) is 12.4 Å². The summed E-state index contributed by atoms with van der Waals surface area (Å²) in [4.78, 5) is 20.1. The predicted molar refractivity (Wildman–Crippen MR) is 74.3 cm³/mol. The Morgan fingerprint density at radius 2 is 1.75 bits per heavy atom. The van der Waals surface area contributed by atoms with E-state index in [1.165, 1.54) is 7.11 Å². The minimum atomic E-state index is -0.355. The number of methoxy groups -OCH3 is 2. The minimum absolute atomic E-state index is 0.235. The van der Waals surface area contributed by atoms with Crippen LogP contribution in [0.1, 0.15) is 15.9 Å². The van der Waals surface area contributed by atoms with E-state index in [2.05, 4.69) is 15.3 Å². The molecule has 1 N–H and O–H groups in total. The molecule has 0 unspecified atom stereocenters. The molecule has 2 rings (SSSR count). The Bertz CT molecular complexity index is 615. The molecular weight excluding hydrogens is 258 g/mol. The fourth-order valence-corrected chi connectivity index (χ4v) is 1.76. The first-order chi connectivity index (χ1) is 9.65. The van der Waals surface area contributed by atoms with Crippen molar-refractivity contribution in [3.8, 4) is 11.5 Å². The number of benzene rings is 1. The first-order valence-corrected chi connectivity index (χ1v) is 5.96. The largest absolute Gasteiger partial charge is 0.496 e. The SMILES string of the molecule is COc1cc(C(=O)Nc2ncccn2)c(OC)cc1C. The summed E-state index contributed by atoms with van der Waals surface area (Å²) in [7, 11) is 3.06. The second-order valence-corrected chi connectivity index (χ2v) is 4.05. The molecule has 0 saturated heterocycles. The van der Waals surface area contributed by atoms with Crippen molar-refractivity contribution in [1.82, 2.24) is 9.97 Å². The number of hydrogen-bond donors (Lipinski definition) is 1. The number of ether oxygens (including phenoxy) is 2. The third-order valence-corrected chi connectivity index (χ3v) is 2.75. The Kier molecular flexibility index (Phi) is 4.14. The van der Waals surface area contributed by atoms with Crippen LogP contribution < -0.4 is 14.8 Å². The summed E-state index contributed by atoms with van der Waals surface area (Å²) in [6.45, 7) is 1.88. The van der Waals surface area contributed by atoms with Gasteiger partial charge < -0.3 is 9.47 Å². The van der Waals surface area contributed by atoms with Crippen LogP contribution in [0, 0.1) is 6.92 Å². The van der Waals surface area contributed by atoms with Gasteiger partial charge in [0.15, 0.2) is 0 Å². The molecule has 2 aromatic rings. The second kappa shape index (κ2) is 6.01. The van der Waals surface area contributed by atoms with Crippen molar-refractivity contribution in [3.63, 3.8) is 0 Å². The van der Waals surface area contributed by atoms with Crippen LogP contribution in [0.25, 0.3) is 0 Å². The van der Waals surface area contributed by atoms with Gasteiger partial charge in [-0.3, -0.25) is 10.1 Å². The average molecular weight is 273 g/mol. The van der Waals surface area contributed by atoms with Crippen LogP contribution in [-0.4, -0.2) is 30.1 Å². The van der Waals surface area contributed by atoms with Crippen LogP contribution >= 0.6 is 0 Å². The van der Waals surface area contributed by atoms with Crippen molar-refractivity contribution < 1.29 is 14.3 Å². The standard InChI is InChI=1S/C14H15N3O3/c1-9-7-12(20-3)10(8-11(9)19-2)13(18)17-14-15-5-4-6-16-14/h4-8H,1-3H3,(H,15,16,17,18). The summed E-state index contributed by atoms with van der Waals surface area (Å²) < 4.78 is 10.4. The summed E-state index contributed by atoms with van der Waals surface area (Å²) in [6.07, 6.45) is 3.10. The fraction of sp³-hybridized carbons (Fsp3) is 0.214.